The maximum atomic E-state index is 12.8. The maximum Gasteiger partial charge on any atom is 0.271 e. The summed E-state index contributed by atoms with van der Waals surface area (Å²) >= 11 is 7.42. The Labute approximate surface area is 195 Å². The Balaban J connectivity index is 1.79. The Morgan fingerprint density at radius 1 is 1.06 bits per heavy atom. The molecule has 168 valence electrons. The number of hydrogen-bond acceptors (Lipinski definition) is 6. The highest BCUT2D eigenvalue weighted by molar-refractivity contribution is 8.00. The molecule has 3 aromatic rings. The molecule has 1 amide bonds. The van der Waals surface area contributed by atoms with Gasteiger partial charge in [-0.05, 0) is 56.2 Å². The zero-order chi connectivity index (χ0) is 23.4. The zero-order valence-corrected chi connectivity index (χ0v) is 20.0. The summed E-state index contributed by atoms with van der Waals surface area (Å²) in [6.45, 7) is 5.74. The normalized spacial score (nSPS) is 11.7. The van der Waals surface area contributed by atoms with Crippen LogP contribution in [0.2, 0.25) is 5.02 Å². The summed E-state index contributed by atoms with van der Waals surface area (Å²) in [6.07, 6.45) is 0. The SMILES string of the molecule is COc1cc(OC)c(NC(=O)[C@@H](C)Sc2ccc(=O)n(-c3ccc(C)c(C)c3)n2)cc1Cl. The maximum absolute atomic E-state index is 12.8. The van der Waals surface area contributed by atoms with Crippen molar-refractivity contribution in [1.82, 2.24) is 9.78 Å². The van der Waals surface area contributed by atoms with Gasteiger partial charge < -0.3 is 14.8 Å². The van der Waals surface area contributed by atoms with Gasteiger partial charge >= 0.3 is 0 Å². The lowest BCUT2D eigenvalue weighted by atomic mass is 10.1. The Kier molecular flexibility index (Phi) is 7.48. The molecule has 1 atom stereocenters. The number of anilines is 1. The molecule has 0 bridgehead atoms. The van der Waals surface area contributed by atoms with Gasteiger partial charge in [0, 0.05) is 12.1 Å². The molecule has 1 N–H and O–H groups in total. The summed E-state index contributed by atoms with van der Waals surface area (Å²) in [4.78, 5) is 25.2. The molecule has 2 aromatic carbocycles. The second-order valence-electron chi connectivity index (χ2n) is 7.13. The minimum Gasteiger partial charge on any atom is -0.495 e. The van der Waals surface area contributed by atoms with Gasteiger partial charge in [-0.15, -0.1) is 0 Å². The largest absolute Gasteiger partial charge is 0.495 e. The number of amides is 1. The van der Waals surface area contributed by atoms with Gasteiger partial charge in [-0.3, -0.25) is 9.59 Å². The van der Waals surface area contributed by atoms with Crippen molar-refractivity contribution in [3.8, 4) is 17.2 Å². The van der Waals surface area contributed by atoms with Crippen molar-refractivity contribution in [1.29, 1.82) is 0 Å². The molecular formula is C23H24ClN3O4S. The van der Waals surface area contributed by atoms with E-state index in [1.807, 2.05) is 32.0 Å². The number of carbonyl (C=O) groups is 1. The van der Waals surface area contributed by atoms with E-state index < -0.39 is 5.25 Å². The van der Waals surface area contributed by atoms with E-state index in [1.54, 1.807) is 25.1 Å². The predicted molar refractivity (Wildman–Crippen MR) is 128 cm³/mol. The van der Waals surface area contributed by atoms with Gasteiger partial charge in [0.2, 0.25) is 5.91 Å². The molecule has 0 aliphatic carbocycles. The topological polar surface area (TPSA) is 82.5 Å². The minimum absolute atomic E-state index is 0.243. The lowest BCUT2D eigenvalue weighted by Gasteiger charge is -2.16. The number of rotatable bonds is 7. The molecule has 0 saturated heterocycles. The van der Waals surface area contributed by atoms with Crippen LogP contribution in [-0.4, -0.2) is 35.2 Å². The number of halogens is 1. The molecule has 0 saturated carbocycles. The second kappa shape index (κ2) is 10.1. The van der Waals surface area contributed by atoms with Crippen molar-refractivity contribution < 1.29 is 14.3 Å². The van der Waals surface area contributed by atoms with Crippen LogP contribution in [0.3, 0.4) is 0 Å². The summed E-state index contributed by atoms with van der Waals surface area (Å²) in [7, 11) is 3.00. The fraction of sp³-hybridized carbons (Fsp3) is 0.261. The lowest BCUT2D eigenvalue weighted by molar-refractivity contribution is -0.115. The number of nitrogens with one attached hydrogen (secondary N) is 1. The number of aryl methyl sites for hydroxylation is 2. The second-order valence-corrected chi connectivity index (χ2v) is 8.89. The molecule has 0 aliphatic rings. The monoisotopic (exact) mass is 473 g/mol. The molecule has 0 spiro atoms. The van der Waals surface area contributed by atoms with E-state index in [2.05, 4.69) is 10.4 Å². The van der Waals surface area contributed by atoms with Crippen LogP contribution < -0.4 is 20.3 Å². The number of hydrogen-bond donors (Lipinski definition) is 1. The summed E-state index contributed by atoms with van der Waals surface area (Å²) in [6, 6.07) is 11.9. The summed E-state index contributed by atoms with van der Waals surface area (Å²) < 4.78 is 11.8. The van der Waals surface area contributed by atoms with Crippen LogP contribution in [0, 0.1) is 13.8 Å². The van der Waals surface area contributed by atoms with Crippen LogP contribution in [0.25, 0.3) is 5.69 Å². The molecule has 32 heavy (non-hydrogen) atoms. The van der Waals surface area contributed by atoms with Crippen molar-refractivity contribution in [3.63, 3.8) is 0 Å². The van der Waals surface area contributed by atoms with Crippen LogP contribution in [0.1, 0.15) is 18.1 Å². The molecule has 1 aromatic heterocycles. The standard InChI is InChI=1S/C23H24ClN3O4S/c1-13-6-7-16(10-14(13)2)27-22(28)9-8-21(26-27)32-15(3)23(29)25-18-11-17(24)19(30-4)12-20(18)31-5/h6-12,15H,1-5H3,(H,25,29)/t15-/m1/s1. The number of ether oxygens (including phenoxy) is 2. The Morgan fingerprint density at radius 3 is 2.44 bits per heavy atom. The van der Waals surface area contributed by atoms with Crippen LogP contribution in [0.4, 0.5) is 5.69 Å². The first-order valence-corrected chi connectivity index (χ1v) is 11.1. The van der Waals surface area contributed by atoms with E-state index >= 15 is 0 Å². The van der Waals surface area contributed by atoms with Crippen molar-refractivity contribution in [2.24, 2.45) is 0 Å². The van der Waals surface area contributed by atoms with Gasteiger partial charge in [0.15, 0.2) is 0 Å². The molecule has 7 nitrogen and oxygen atoms in total. The highest BCUT2D eigenvalue weighted by Gasteiger charge is 2.19. The molecule has 0 radical (unpaired) electrons. The minimum atomic E-state index is -0.501. The Morgan fingerprint density at radius 2 is 1.78 bits per heavy atom. The van der Waals surface area contributed by atoms with E-state index in [0.717, 1.165) is 11.1 Å². The van der Waals surface area contributed by atoms with Crippen molar-refractivity contribution in [3.05, 3.63) is 69.0 Å². The van der Waals surface area contributed by atoms with Crippen LogP contribution in [-0.2, 0) is 4.79 Å². The Bertz CT molecular complexity index is 1210. The van der Waals surface area contributed by atoms with Crippen LogP contribution in [0.15, 0.2) is 52.3 Å². The lowest BCUT2D eigenvalue weighted by Crippen LogP contribution is -2.24. The first-order chi connectivity index (χ1) is 15.2. The van der Waals surface area contributed by atoms with Gasteiger partial charge in [-0.1, -0.05) is 29.4 Å². The summed E-state index contributed by atoms with van der Waals surface area (Å²) in [5.41, 5.74) is 3.06. The first-order valence-electron chi connectivity index (χ1n) is 9.80. The number of nitrogens with zero attached hydrogens (tertiary/aromatic N) is 2. The van der Waals surface area contributed by atoms with E-state index in [1.165, 1.54) is 36.7 Å². The summed E-state index contributed by atoms with van der Waals surface area (Å²) in [5.74, 6) is 0.611. The third kappa shape index (κ3) is 5.26. The summed E-state index contributed by atoms with van der Waals surface area (Å²) in [5, 5.41) is 7.66. The van der Waals surface area contributed by atoms with Crippen molar-refractivity contribution in [2.45, 2.75) is 31.0 Å². The van der Waals surface area contributed by atoms with Gasteiger partial charge in [-0.2, -0.15) is 9.78 Å². The number of methoxy groups -OCH3 is 2. The van der Waals surface area contributed by atoms with Gasteiger partial charge in [0.1, 0.15) is 16.5 Å². The fourth-order valence-electron chi connectivity index (χ4n) is 2.93. The van der Waals surface area contributed by atoms with E-state index in [0.29, 0.717) is 32.9 Å². The molecule has 0 unspecified atom stereocenters. The third-order valence-corrected chi connectivity index (χ3v) is 6.23. The highest BCUT2D eigenvalue weighted by atomic mass is 35.5. The quantitative estimate of drug-likeness (QED) is 0.503. The van der Waals surface area contributed by atoms with Gasteiger partial charge in [0.05, 0.1) is 35.9 Å². The molecule has 9 heteroatoms. The first kappa shape index (κ1) is 23.7. The smallest absolute Gasteiger partial charge is 0.271 e. The molecular weight excluding hydrogens is 450 g/mol. The van der Waals surface area contributed by atoms with Crippen LogP contribution >= 0.6 is 23.4 Å². The van der Waals surface area contributed by atoms with E-state index in [9.17, 15) is 9.59 Å². The third-order valence-electron chi connectivity index (χ3n) is 4.91. The zero-order valence-electron chi connectivity index (χ0n) is 18.4. The molecule has 1 heterocycles. The number of carbonyl (C=O) groups excluding carboxylic acids is 1. The van der Waals surface area contributed by atoms with Crippen LogP contribution in [0.5, 0.6) is 11.5 Å². The molecule has 0 fully saturated rings. The number of benzene rings is 2. The fourth-order valence-corrected chi connectivity index (χ4v) is 3.97. The number of thioether (sulfide) groups is 1. The number of aromatic nitrogens is 2. The Hall–Kier alpha value is -2.97. The van der Waals surface area contributed by atoms with E-state index in [-0.39, 0.29) is 11.5 Å². The average Bonchev–Trinajstić information content (AvgIpc) is 2.77. The average molecular weight is 474 g/mol. The van der Waals surface area contributed by atoms with Gasteiger partial charge in [-0.25, -0.2) is 0 Å². The highest BCUT2D eigenvalue weighted by Crippen LogP contribution is 2.36. The predicted octanol–water partition coefficient (Wildman–Crippen LogP) is 4.64. The molecule has 0 aliphatic heterocycles. The molecule has 3 rings (SSSR count). The van der Waals surface area contributed by atoms with E-state index in [4.69, 9.17) is 21.1 Å². The van der Waals surface area contributed by atoms with Crippen molar-refractivity contribution in [2.75, 3.05) is 19.5 Å². The van der Waals surface area contributed by atoms with Crippen molar-refractivity contribution >= 4 is 35.0 Å². The van der Waals surface area contributed by atoms with Gasteiger partial charge in [0.25, 0.3) is 5.56 Å².